The van der Waals surface area contributed by atoms with Crippen LogP contribution in [-0.4, -0.2) is 40.2 Å². The van der Waals surface area contributed by atoms with Crippen LogP contribution in [0.15, 0.2) is 18.3 Å². The van der Waals surface area contributed by atoms with E-state index in [4.69, 9.17) is 4.74 Å². The van der Waals surface area contributed by atoms with Crippen LogP contribution in [0.3, 0.4) is 0 Å². The number of pyridine rings is 1. The molecular formula is C15H19N3O3. The van der Waals surface area contributed by atoms with Crippen molar-refractivity contribution in [3.8, 4) is 5.75 Å². The molecule has 2 aromatic rings. The Balaban J connectivity index is 2.00. The largest absolute Gasteiger partial charge is 0.506 e. The van der Waals surface area contributed by atoms with E-state index >= 15 is 0 Å². The fourth-order valence-corrected chi connectivity index (χ4v) is 2.85. The van der Waals surface area contributed by atoms with Crippen molar-refractivity contribution in [2.24, 2.45) is 0 Å². The lowest BCUT2D eigenvalue weighted by Crippen LogP contribution is -2.36. The molecule has 1 atom stereocenters. The highest BCUT2D eigenvalue weighted by Gasteiger charge is 2.21. The van der Waals surface area contributed by atoms with E-state index in [1.165, 1.54) is 20.0 Å². The van der Waals surface area contributed by atoms with Gasteiger partial charge in [0, 0.05) is 12.5 Å². The van der Waals surface area contributed by atoms with Crippen LogP contribution in [0.2, 0.25) is 0 Å². The van der Waals surface area contributed by atoms with Crippen molar-refractivity contribution in [1.82, 2.24) is 14.7 Å². The summed E-state index contributed by atoms with van der Waals surface area (Å²) < 4.78 is 6.56. The second kappa shape index (κ2) is 5.73. The zero-order chi connectivity index (χ0) is 14.8. The van der Waals surface area contributed by atoms with E-state index in [2.05, 4.69) is 10.3 Å². The van der Waals surface area contributed by atoms with Crippen LogP contribution in [0.25, 0.3) is 5.52 Å². The lowest BCUT2D eigenvalue weighted by atomic mass is 10.0. The van der Waals surface area contributed by atoms with Gasteiger partial charge in [-0.15, -0.1) is 0 Å². The molecule has 3 heterocycles. The Morgan fingerprint density at radius 2 is 2.38 bits per heavy atom. The van der Waals surface area contributed by atoms with Gasteiger partial charge in [0.05, 0.1) is 18.8 Å². The average molecular weight is 289 g/mol. The van der Waals surface area contributed by atoms with Crippen LogP contribution in [-0.2, 0) is 11.2 Å². The van der Waals surface area contributed by atoms with E-state index in [1.54, 1.807) is 22.7 Å². The van der Waals surface area contributed by atoms with Gasteiger partial charge in [0.25, 0.3) is 0 Å². The molecule has 0 radical (unpaired) electrons. The highest BCUT2D eigenvalue weighted by atomic mass is 16.5. The second-order valence-corrected chi connectivity index (χ2v) is 5.36. The number of methoxy groups -OCH3 is 1. The topological polar surface area (TPSA) is 75.9 Å². The maximum Gasteiger partial charge on any atom is 0.358 e. The minimum atomic E-state index is -0.457. The summed E-state index contributed by atoms with van der Waals surface area (Å²) in [6.45, 7) is 1.02. The monoisotopic (exact) mass is 289 g/mol. The number of rotatable bonds is 3. The Bertz CT molecular complexity index is 659. The minimum absolute atomic E-state index is 0.147. The number of aromatic nitrogens is 2. The fraction of sp³-hybridized carbons (Fsp3) is 0.467. The molecule has 6 nitrogen and oxygen atoms in total. The summed E-state index contributed by atoms with van der Waals surface area (Å²) in [4.78, 5) is 16.3. The summed E-state index contributed by atoms with van der Waals surface area (Å²) in [6.07, 6.45) is 5.82. The molecule has 0 bridgehead atoms. The van der Waals surface area contributed by atoms with Crippen molar-refractivity contribution in [3.63, 3.8) is 0 Å². The molecule has 21 heavy (non-hydrogen) atoms. The number of fused-ring (bicyclic) bond motifs is 1. The lowest BCUT2D eigenvalue weighted by Gasteiger charge is -2.22. The molecule has 1 fully saturated rings. The Hall–Kier alpha value is -2.08. The number of imidazole rings is 1. The van der Waals surface area contributed by atoms with E-state index in [0.717, 1.165) is 25.2 Å². The molecule has 1 unspecified atom stereocenters. The Labute approximate surface area is 122 Å². The molecule has 0 saturated carbocycles. The molecule has 1 saturated heterocycles. The maximum absolute atomic E-state index is 11.8. The predicted octanol–water partition coefficient (Wildman–Crippen LogP) is 1.51. The first kappa shape index (κ1) is 13.9. The zero-order valence-corrected chi connectivity index (χ0v) is 12.0. The smallest absolute Gasteiger partial charge is 0.358 e. The summed E-state index contributed by atoms with van der Waals surface area (Å²) in [5, 5.41) is 13.2. The first-order valence-electron chi connectivity index (χ1n) is 7.20. The summed E-state index contributed by atoms with van der Waals surface area (Å²) in [7, 11) is 1.34. The molecule has 112 valence electrons. The van der Waals surface area contributed by atoms with Crippen LogP contribution in [0.4, 0.5) is 0 Å². The van der Waals surface area contributed by atoms with E-state index in [9.17, 15) is 9.90 Å². The van der Waals surface area contributed by atoms with Crippen molar-refractivity contribution >= 4 is 11.5 Å². The number of nitrogens with one attached hydrogen (secondary N) is 1. The second-order valence-electron chi connectivity index (χ2n) is 5.36. The first-order valence-corrected chi connectivity index (χ1v) is 7.20. The fourth-order valence-electron chi connectivity index (χ4n) is 2.85. The van der Waals surface area contributed by atoms with E-state index < -0.39 is 5.97 Å². The van der Waals surface area contributed by atoms with E-state index in [-0.39, 0.29) is 5.75 Å². The van der Waals surface area contributed by atoms with Gasteiger partial charge in [-0.1, -0.05) is 6.42 Å². The van der Waals surface area contributed by atoms with Gasteiger partial charge in [-0.05, 0) is 31.5 Å². The van der Waals surface area contributed by atoms with Crippen molar-refractivity contribution in [2.45, 2.75) is 31.7 Å². The average Bonchev–Trinajstić information content (AvgIpc) is 2.85. The van der Waals surface area contributed by atoms with Crippen LogP contribution in [0.1, 0.15) is 35.6 Å². The summed E-state index contributed by atoms with van der Waals surface area (Å²) in [5.74, 6) is 0.455. The van der Waals surface area contributed by atoms with Gasteiger partial charge in [-0.3, -0.25) is 4.40 Å². The van der Waals surface area contributed by atoms with E-state index in [1.807, 2.05) is 0 Å². The molecule has 6 heteroatoms. The number of hydrogen-bond acceptors (Lipinski definition) is 5. The van der Waals surface area contributed by atoms with Crippen LogP contribution in [0, 0.1) is 0 Å². The molecule has 0 aliphatic carbocycles. The zero-order valence-electron chi connectivity index (χ0n) is 12.0. The predicted molar refractivity (Wildman–Crippen MR) is 77.5 cm³/mol. The third-order valence-corrected chi connectivity index (χ3v) is 3.91. The molecule has 0 aromatic carbocycles. The van der Waals surface area contributed by atoms with Gasteiger partial charge in [0.1, 0.15) is 11.6 Å². The molecule has 2 aromatic heterocycles. The molecular weight excluding hydrogens is 270 g/mol. The molecule has 1 aliphatic rings. The quantitative estimate of drug-likeness (QED) is 0.838. The normalized spacial score (nSPS) is 18.8. The molecule has 2 N–H and O–H groups in total. The van der Waals surface area contributed by atoms with E-state index in [0.29, 0.717) is 17.3 Å². The molecule has 1 aliphatic heterocycles. The third-order valence-electron chi connectivity index (χ3n) is 3.91. The number of aromatic hydroxyl groups is 1. The highest BCUT2D eigenvalue weighted by Crippen LogP contribution is 2.21. The van der Waals surface area contributed by atoms with Crippen molar-refractivity contribution in [1.29, 1.82) is 0 Å². The Morgan fingerprint density at radius 3 is 3.10 bits per heavy atom. The van der Waals surface area contributed by atoms with Gasteiger partial charge in [-0.25, -0.2) is 9.78 Å². The Kier molecular flexibility index (Phi) is 3.79. The van der Waals surface area contributed by atoms with Gasteiger partial charge in [0.15, 0.2) is 5.69 Å². The van der Waals surface area contributed by atoms with Crippen LogP contribution < -0.4 is 5.32 Å². The molecule has 0 spiro atoms. The van der Waals surface area contributed by atoms with Crippen molar-refractivity contribution in [3.05, 3.63) is 29.8 Å². The summed E-state index contributed by atoms with van der Waals surface area (Å²) in [5.41, 5.74) is 0.953. The van der Waals surface area contributed by atoms with Gasteiger partial charge in [-0.2, -0.15) is 0 Å². The number of nitrogens with zero attached hydrogens (tertiary/aromatic N) is 2. The number of carbonyl (C=O) groups is 1. The van der Waals surface area contributed by atoms with Crippen molar-refractivity contribution < 1.29 is 14.6 Å². The highest BCUT2D eigenvalue weighted by molar-refractivity contribution is 5.95. The van der Waals surface area contributed by atoms with Gasteiger partial charge < -0.3 is 15.2 Å². The lowest BCUT2D eigenvalue weighted by molar-refractivity contribution is 0.0596. The summed E-state index contributed by atoms with van der Waals surface area (Å²) in [6, 6.07) is 3.59. The molecule has 3 rings (SSSR count). The SMILES string of the molecule is COC(=O)c1nc(CC2CCCCN2)n2cc(O)ccc12. The number of ether oxygens (including phenoxy) is 1. The van der Waals surface area contributed by atoms with Crippen LogP contribution in [0.5, 0.6) is 5.75 Å². The third kappa shape index (κ3) is 2.71. The number of esters is 1. The van der Waals surface area contributed by atoms with Gasteiger partial charge >= 0.3 is 5.97 Å². The maximum atomic E-state index is 11.8. The summed E-state index contributed by atoms with van der Waals surface area (Å²) >= 11 is 0. The van der Waals surface area contributed by atoms with Crippen LogP contribution >= 0.6 is 0 Å². The first-order chi connectivity index (χ1) is 10.2. The standard InChI is InChI=1S/C15H19N3O3/c1-21-15(20)14-12-6-5-11(19)9-18(12)13(17-14)8-10-4-2-3-7-16-10/h5-6,9-10,16,19H,2-4,7-8H2,1H3. The number of carbonyl (C=O) groups excluding carboxylic acids is 1. The minimum Gasteiger partial charge on any atom is -0.506 e. The number of piperidine rings is 1. The molecule has 0 amide bonds. The van der Waals surface area contributed by atoms with Gasteiger partial charge in [0.2, 0.25) is 0 Å². The Morgan fingerprint density at radius 1 is 1.52 bits per heavy atom. The van der Waals surface area contributed by atoms with Crippen molar-refractivity contribution in [2.75, 3.05) is 13.7 Å². The number of hydrogen-bond donors (Lipinski definition) is 2.